The van der Waals surface area contributed by atoms with Crippen molar-refractivity contribution in [1.29, 1.82) is 0 Å². The van der Waals surface area contributed by atoms with Gasteiger partial charge in [-0.25, -0.2) is 0 Å². The van der Waals surface area contributed by atoms with Crippen LogP contribution in [0.5, 0.6) is 0 Å². The molecule has 3 fully saturated rings. The van der Waals surface area contributed by atoms with E-state index in [0.29, 0.717) is 11.9 Å². The fourth-order valence-electron chi connectivity index (χ4n) is 5.11. The quantitative estimate of drug-likeness (QED) is 0.762. The van der Waals surface area contributed by atoms with E-state index in [0.717, 1.165) is 37.8 Å². The normalized spacial score (nSPS) is 28.4. The van der Waals surface area contributed by atoms with Crippen LogP contribution in [0.2, 0.25) is 0 Å². The molecule has 1 atom stereocenters. The minimum absolute atomic E-state index is 0.428. The summed E-state index contributed by atoms with van der Waals surface area (Å²) < 4.78 is 0. The Labute approximate surface area is 154 Å². The Hall–Kier alpha value is -0.610. The van der Waals surface area contributed by atoms with Crippen LogP contribution in [0.15, 0.2) is 0 Å². The molecule has 2 saturated heterocycles. The molecular weight excluding hydrogens is 310 g/mol. The molecule has 3 aliphatic rings. The highest BCUT2D eigenvalue weighted by atomic mass is 16.2. The minimum Gasteiger partial charge on any atom is -0.343 e. The summed E-state index contributed by atoms with van der Waals surface area (Å²) >= 11 is 0. The molecule has 4 heteroatoms. The monoisotopic (exact) mass is 349 g/mol. The van der Waals surface area contributed by atoms with Crippen LogP contribution in [0.3, 0.4) is 0 Å². The van der Waals surface area contributed by atoms with Crippen LogP contribution >= 0.6 is 0 Å². The number of hydrogen-bond donors (Lipinski definition) is 0. The number of nitrogens with zero attached hydrogens (tertiary/aromatic N) is 3. The van der Waals surface area contributed by atoms with Gasteiger partial charge in [-0.2, -0.15) is 0 Å². The molecule has 2 aliphatic heterocycles. The van der Waals surface area contributed by atoms with E-state index < -0.39 is 0 Å². The maximum absolute atomic E-state index is 12.5. The molecule has 0 radical (unpaired) electrons. The largest absolute Gasteiger partial charge is 0.343 e. The Morgan fingerprint density at radius 3 is 2.32 bits per heavy atom. The van der Waals surface area contributed by atoms with Crippen LogP contribution in [0.1, 0.15) is 64.7 Å². The standard InChI is InChI=1S/C21H39N3O/c1-18-16-22(2)14-15-24(18)17-20-10-12-23(13-11-20)21(25)9-8-19-6-4-3-5-7-19/h18-20H,3-17H2,1-2H3/t18-/m0/s1. The number of rotatable bonds is 5. The highest BCUT2D eigenvalue weighted by molar-refractivity contribution is 5.76. The molecular formula is C21H39N3O. The van der Waals surface area contributed by atoms with Crippen LogP contribution in [0.4, 0.5) is 0 Å². The van der Waals surface area contributed by atoms with Gasteiger partial charge in [-0.05, 0) is 45.1 Å². The first-order valence-electron chi connectivity index (χ1n) is 10.8. The minimum atomic E-state index is 0.428. The third-order valence-corrected chi connectivity index (χ3v) is 6.92. The predicted octanol–water partition coefficient (Wildman–Crippen LogP) is 3.22. The number of piperazine rings is 1. The van der Waals surface area contributed by atoms with Gasteiger partial charge in [0.05, 0.1) is 0 Å². The molecule has 2 heterocycles. The molecule has 0 bridgehead atoms. The lowest BCUT2D eigenvalue weighted by Crippen LogP contribution is -2.52. The lowest BCUT2D eigenvalue weighted by Gasteiger charge is -2.41. The summed E-state index contributed by atoms with van der Waals surface area (Å²) in [6.45, 7) is 9.19. The molecule has 0 spiro atoms. The number of likely N-dealkylation sites (tertiary alicyclic amines) is 1. The van der Waals surface area contributed by atoms with Crippen LogP contribution in [-0.4, -0.2) is 73.0 Å². The summed E-state index contributed by atoms with van der Waals surface area (Å²) in [5, 5.41) is 0. The Morgan fingerprint density at radius 1 is 0.920 bits per heavy atom. The van der Waals surface area contributed by atoms with E-state index in [2.05, 4.69) is 28.7 Å². The second kappa shape index (κ2) is 9.36. The van der Waals surface area contributed by atoms with E-state index >= 15 is 0 Å². The molecule has 25 heavy (non-hydrogen) atoms. The third kappa shape index (κ3) is 5.68. The van der Waals surface area contributed by atoms with Crippen LogP contribution in [0, 0.1) is 11.8 Å². The maximum atomic E-state index is 12.5. The fraction of sp³-hybridized carbons (Fsp3) is 0.952. The summed E-state index contributed by atoms with van der Waals surface area (Å²) in [5.41, 5.74) is 0. The van der Waals surface area contributed by atoms with Gasteiger partial charge in [-0.15, -0.1) is 0 Å². The van der Waals surface area contributed by atoms with Gasteiger partial charge in [-0.1, -0.05) is 32.1 Å². The number of carbonyl (C=O) groups excluding carboxylic acids is 1. The molecule has 0 aromatic carbocycles. The van der Waals surface area contributed by atoms with Crippen molar-refractivity contribution >= 4 is 5.91 Å². The third-order valence-electron chi connectivity index (χ3n) is 6.92. The Morgan fingerprint density at radius 2 is 1.64 bits per heavy atom. The summed E-state index contributed by atoms with van der Waals surface area (Å²) in [6.07, 6.45) is 11.2. The van der Waals surface area contributed by atoms with Crippen molar-refractivity contribution in [2.45, 2.75) is 70.8 Å². The lowest BCUT2D eigenvalue weighted by molar-refractivity contribution is -0.133. The van der Waals surface area contributed by atoms with Crippen molar-refractivity contribution in [3.8, 4) is 0 Å². The van der Waals surface area contributed by atoms with E-state index in [4.69, 9.17) is 0 Å². The second-order valence-electron chi connectivity index (χ2n) is 8.97. The average Bonchev–Trinajstić information content (AvgIpc) is 2.63. The van der Waals surface area contributed by atoms with Gasteiger partial charge in [-0.3, -0.25) is 9.69 Å². The van der Waals surface area contributed by atoms with Crippen LogP contribution < -0.4 is 0 Å². The Bertz CT molecular complexity index is 413. The second-order valence-corrected chi connectivity index (χ2v) is 8.97. The molecule has 4 nitrogen and oxygen atoms in total. The van der Waals surface area contributed by atoms with Crippen molar-refractivity contribution in [1.82, 2.24) is 14.7 Å². The van der Waals surface area contributed by atoms with Crippen molar-refractivity contribution in [2.75, 3.05) is 46.3 Å². The van der Waals surface area contributed by atoms with Gasteiger partial charge in [0.15, 0.2) is 0 Å². The molecule has 1 saturated carbocycles. The molecule has 0 aromatic heterocycles. The highest BCUT2D eigenvalue weighted by Gasteiger charge is 2.28. The number of piperidine rings is 1. The molecule has 1 amide bonds. The van der Waals surface area contributed by atoms with Crippen molar-refractivity contribution in [2.24, 2.45) is 11.8 Å². The van der Waals surface area contributed by atoms with E-state index in [-0.39, 0.29) is 0 Å². The first-order chi connectivity index (χ1) is 12.1. The van der Waals surface area contributed by atoms with Gasteiger partial charge >= 0.3 is 0 Å². The van der Waals surface area contributed by atoms with E-state index in [1.165, 1.54) is 71.1 Å². The van der Waals surface area contributed by atoms with Crippen molar-refractivity contribution < 1.29 is 4.79 Å². The Kier molecular flexibility index (Phi) is 7.18. The van der Waals surface area contributed by atoms with E-state index in [9.17, 15) is 4.79 Å². The van der Waals surface area contributed by atoms with Crippen molar-refractivity contribution in [3.05, 3.63) is 0 Å². The number of amides is 1. The molecule has 0 N–H and O–H groups in total. The number of carbonyl (C=O) groups is 1. The summed E-state index contributed by atoms with van der Waals surface area (Å²) in [7, 11) is 2.23. The fourth-order valence-corrected chi connectivity index (χ4v) is 5.11. The van der Waals surface area contributed by atoms with Crippen molar-refractivity contribution in [3.63, 3.8) is 0 Å². The number of likely N-dealkylation sites (N-methyl/N-ethyl adjacent to an activating group) is 1. The topological polar surface area (TPSA) is 26.8 Å². The van der Waals surface area contributed by atoms with Gasteiger partial charge in [0.1, 0.15) is 0 Å². The summed E-state index contributed by atoms with van der Waals surface area (Å²) in [6, 6.07) is 0.675. The van der Waals surface area contributed by atoms with Crippen LogP contribution in [-0.2, 0) is 4.79 Å². The molecule has 0 aromatic rings. The zero-order valence-electron chi connectivity index (χ0n) is 16.6. The highest BCUT2D eigenvalue weighted by Crippen LogP contribution is 2.28. The first-order valence-corrected chi connectivity index (χ1v) is 10.8. The molecule has 144 valence electrons. The average molecular weight is 350 g/mol. The molecule has 0 unspecified atom stereocenters. The lowest BCUT2D eigenvalue weighted by atomic mass is 9.86. The summed E-state index contributed by atoms with van der Waals surface area (Å²) in [5.74, 6) is 2.04. The summed E-state index contributed by atoms with van der Waals surface area (Å²) in [4.78, 5) is 19.8. The Balaban J connectivity index is 1.34. The SMILES string of the molecule is C[C@H]1CN(C)CCN1CC1CCN(C(=O)CCC2CCCCC2)CC1. The molecule has 1 aliphatic carbocycles. The maximum Gasteiger partial charge on any atom is 0.222 e. The smallest absolute Gasteiger partial charge is 0.222 e. The van der Waals surface area contributed by atoms with Gasteiger partial charge in [0, 0.05) is 51.7 Å². The predicted molar refractivity (Wildman–Crippen MR) is 104 cm³/mol. The van der Waals surface area contributed by atoms with Gasteiger partial charge in [0.2, 0.25) is 5.91 Å². The van der Waals surface area contributed by atoms with E-state index in [1.807, 2.05) is 0 Å². The van der Waals surface area contributed by atoms with E-state index in [1.54, 1.807) is 0 Å². The van der Waals surface area contributed by atoms with Gasteiger partial charge < -0.3 is 9.80 Å². The molecule has 3 rings (SSSR count). The van der Waals surface area contributed by atoms with Gasteiger partial charge in [0.25, 0.3) is 0 Å². The zero-order valence-corrected chi connectivity index (χ0v) is 16.6. The van der Waals surface area contributed by atoms with Crippen LogP contribution in [0.25, 0.3) is 0 Å². The first kappa shape index (κ1) is 19.2. The zero-order chi connectivity index (χ0) is 17.6. The number of hydrogen-bond acceptors (Lipinski definition) is 3.